The summed E-state index contributed by atoms with van der Waals surface area (Å²) in [6.07, 6.45) is 1.47. The number of ether oxygens (including phenoxy) is 1. The number of hydrogen-bond acceptors (Lipinski definition) is 4. The molecule has 98 valence electrons. The maximum Gasteiger partial charge on any atom is 0.340 e. The van der Waals surface area contributed by atoms with Gasteiger partial charge >= 0.3 is 5.97 Å². The van der Waals surface area contributed by atoms with Crippen molar-refractivity contribution in [3.63, 3.8) is 0 Å². The maximum absolute atomic E-state index is 11.6. The van der Waals surface area contributed by atoms with E-state index in [2.05, 4.69) is 9.72 Å². The molecule has 2 rings (SSSR count). The zero-order valence-corrected chi connectivity index (χ0v) is 11.5. The van der Waals surface area contributed by atoms with E-state index >= 15 is 0 Å². The number of nitrogens with two attached hydrogens (primary N) is 1. The lowest BCUT2D eigenvalue weighted by Gasteiger charge is -2.10. The first-order valence-electron chi connectivity index (χ1n) is 5.33. The molecule has 0 aliphatic rings. The summed E-state index contributed by atoms with van der Waals surface area (Å²) < 4.78 is 4.66. The van der Waals surface area contributed by atoms with Crippen molar-refractivity contribution < 1.29 is 9.53 Å². The lowest BCUT2D eigenvalue weighted by atomic mass is 10.1. The Bertz CT molecular complexity index is 645. The monoisotopic (exact) mass is 296 g/mol. The lowest BCUT2D eigenvalue weighted by molar-refractivity contribution is 0.0602. The summed E-state index contributed by atoms with van der Waals surface area (Å²) in [4.78, 5) is 15.7. The maximum atomic E-state index is 11.6. The molecule has 2 N–H and O–H groups in total. The van der Waals surface area contributed by atoms with Crippen LogP contribution in [-0.2, 0) is 4.74 Å². The van der Waals surface area contributed by atoms with E-state index in [9.17, 15) is 4.79 Å². The number of pyridine rings is 1. The van der Waals surface area contributed by atoms with Gasteiger partial charge in [0, 0.05) is 11.8 Å². The van der Waals surface area contributed by atoms with Gasteiger partial charge in [0.05, 0.1) is 34.1 Å². The van der Waals surface area contributed by atoms with Crippen molar-refractivity contribution in [1.82, 2.24) is 4.98 Å². The zero-order valence-electron chi connectivity index (χ0n) is 9.98. The molecule has 0 aliphatic carbocycles. The highest BCUT2D eigenvalue weighted by Crippen LogP contribution is 2.35. The van der Waals surface area contributed by atoms with Crippen molar-refractivity contribution >= 4 is 34.9 Å². The van der Waals surface area contributed by atoms with E-state index in [1.165, 1.54) is 19.4 Å². The van der Waals surface area contributed by atoms with Crippen LogP contribution in [0.3, 0.4) is 0 Å². The highest BCUT2D eigenvalue weighted by atomic mass is 35.5. The number of carbonyl (C=O) groups is 1. The minimum absolute atomic E-state index is 0.207. The number of methoxy groups -OCH3 is 1. The molecule has 0 atom stereocenters. The van der Waals surface area contributed by atoms with Crippen molar-refractivity contribution in [2.45, 2.75) is 0 Å². The topological polar surface area (TPSA) is 65.2 Å². The summed E-state index contributed by atoms with van der Waals surface area (Å²) in [5.74, 6) is -0.528. The third-order valence-corrected chi connectivity index (χ3v) is 3.42. The molecular formula is C13H10Cl2N2O2. The number of benzene rings is 1. The van der Waals surface area contributed by atoms with E-state index in [1.807, 2.05) is 0 Å². The predicted octanol–water partition coefficient (Wildman–Crippen LogP) is 3.42. The van der Waals surface area contributed by atoms with Gasteiger partial charge in [-0.3, -0.25) is 4.98 Å². The number of nitrogens with zero attached hydrogens (tertiary/aromatic N) is 1. The number of nitrogen functional groups attached to an aromatic ring is 1. The van der Waals surface area contributed by atoms with Crippen LogP contribution >= 0.6 is 23.2 Å². The van der Waals surface area contributed by atoms with Crippen molar-refractivity contribution in [2.24, 2.45) is 0 Å². The van der Waals surface area contributed by atoms with Crippen LogP contribution in [0, 0.1) is 0 Å². The molecule has 2 aromatic rings. The summed E-state index contributed by atoms with van der Waals surface area (Å²) in [6, 6.07) is 6.61. The highest BCUT2D eigenvalue weighted by Gasteiger charge is 2.17. The number of hydrogen-bond donors (Lipinski definition) is 1. The number of esters is 1. The average molecular weight is 297 g/mol. The van der Waals surface area contributed by atoms with Gasteiger partial charge in [-0.25, -0.2) is 4.79 Å². The molecular weight excluding hydrogens is 287 g/mol. The van der Waals surface area contributed by atoms with Crippen LogP contribution < -0.4 is 5.73 Å². The van der Waals surface area contributed by atoms with Crippen molar-refractivity contribution in [2.75, 3.05) is 12.8 Å². The van der Waals surface area contributed by atoms with Crippen LogP contribution in [0.1, 0.15) is 10.4 Å². The Morgan fingerprint density at radius 2 is 2.05 bits per heavy atom. The molecule has 0 saturated heterocycles. The molecule has 4 nitrogen and oxygen atoms in total. The number of rotatable bonds is 2. The second-order valence-corrected chi connectivity index (χ2v) is 4.50. The Kier molecular flexibility index (Phi) is 3.93. The quantitative estimate of drug-likeness (QED) is 0.862. The molecule has 0 saturated carbocycles. The van der Waals surface area contributed by atoms with E-state index in [1.54, 1.807) is 18.2 Å². The van der Waals surface area contributed by atoms with E-state index in [4.69, 9.17) is 28.9 Å². The third kappa shape index (κ3) is 2.50. The summed E-state index contributed by atoms with van der Waals surface area (Å²) in [5.41, 5.74) is 7.36. The number of anilines is 1. The molecule has 6 heteroatoms. The van der Waals surface area contributed by atoms with Gasteiger partial charge in [0.1, 0.15) is 0 Å². The molecule has 0 aliphatic heterocycles. The van der Waals surface area contributed by atoms with Gasteiger partial charge in [-0.05, 0) is 12.1 Å². The van der Waals surface area contributed by atoms with Gasteiger partial charge in [-0.15, -0.1) is 0 Å². The van der Waals surface area contributed by atoms with E-state index in [0.29, 0.717) is 21.3 Å². The van der Waals surface area contributed by atoms with Crippen LogP contribution in [0.15, 0.2) is 30.5 Å². The Morgan fingerprint density at radius 1 is 1.32 bits per heavy atom. The first-order valence-corrected chi connectivity index (χ1v) is 6.09. The van der Waals surface area contributed by atoms with E-state index < -0.39 is 5.97 Å². The lowest BCUT2D eigenvalue weighted by Crippen LogP contribution is -2.07. The minimum atomic E-state index is -0.528. The molecule has 0 spiro atoms. The number of aromatic nitrogens is 1. The van der Waals surface area contributed by atoms with Crippen LogP contribution in [0.5, 0.6) is 0 Å². The minimum Gasteiger partial charge on any atom is -0.465 e. The Hall–Kier alpha value is -1.78. The zero-order chi connectivity index (χ0) is 14.0. The molecule has 19 heavy (non-hydrogen) atoms. The van der Waals surface area contributed by atoms with Crippen LogP contribution in [0.2, 0.25) is 10.0 Å². The Labute approximate surface area is 120 Å². The Balaban J connectivity index is 2.64. The van der Waals surface area contributed by atoms with Crippen molar-refractivity contribution in [3.8, 4) is 11.3 Å². The van der Waals surface area contributed by atoms with Crippen LogP contribution in [0.4, 0.5) is 5.69 Å². The summed E-state index contributed by atoms with van der Waals surface area (Å²) in [6.45, 7) is 0. The molecule has 0 amide bonds. The molecule has 0 bridgehead atoms. The third-order valence-electron chi connectivity index (χ3n) is 2.60. The van der Waals surface area contributed by atoms with Crippen molar-refractivity contribution in [3.05, 3.63) is 46.1 Å². The van der Waals surface area contributed by atoms with Crippen LogP contribution in [0.25, 0.3) is 11.3 Å². The first-order chi connectivity index (χ1) is 9.06. The van der Waals surface area contributed by atoms with Crippen molar-refractivity contribution in [1.29, 1.82) is 0 Å². The summed E-state index contributed by atoms with van der Waals surface area (Å²) >= 11 is 12.1. The second-order valence-electron chi connectivity index (χ2n) is 3.71. The normalized spacial score (nSPS) is 10.3. The van der Waals surface area contributed by atoms with E-state index in [0.717, 1.165) is 0 Å². The molecule has 0 unspecified atom stereocenters. The molecule has 0 fully saturated rings. The second kappa shape index (κ2) is 5.47. The predicted molar refractivity (Wildman–Crippen MR) is 75.4 cm³/mol. The van der Waals surface area contributed by atoms with Gasteiger partial charge in [-0.1, -0.05) is 35.3 Å². The smallest absolute Gasteiger partial charge is 0.340 e. The average Bonchev–Trinajstić information content (AvgIpc) is 2.42. The highest BCUT2D eigenvalue weighted by molar-refractivity contribution is 6.43. The fourth-order valence-electron chi connectivity index (χ4n) is 1.66. The summed E-state index contributed by atoms with van der Waals surface area (Å²) in [5, 5.41) is 0.731. The molecule has 1 aromatic carbocycles. The first kappa shape index (κ1) is 13.6. The largest absolute Gasteiger partial charge is 0.465 e. The number of halogens is 2. The van der Waals surface area contributed by atoms with Gasteiger partial charge < -0.3 is 10.5 Å². The molecule has 1 heterocycles. The van der Waals surface area contributed by atoms with Crippen LogP contribution in [-0.4, -0.2) is 18.1 Å². The standard InChI is InChI=1S/C13H10Cl2N2O2/c1-19-13(18)8-5-6-17-12(11(8)16)7-3-2-4-9(14)10(7)15/h2-6H,16H2,1H3. The fraction of sp³-hybridized carbons (Fsp3) is 0.0769. The Morgan fingerprint density at radius 3 is 2.74 bits per heavy atom. The SMILES string of the molecule is COC(=O)c1ccnc(-c2cccc(Cl)c2Cl)c1N. The van der Waals surface area contributed by atoms with Gasteiger partial charge in [0.2, 0.25) is 0 Å². The van der Waals surface area contributed by atoms with Gasteiger partial charge in [0.25, 0.3) is 0 Å². The molecule has 0 radical (unpaired) electrons. The number of carbonyl (C=O) groups excluding carboxylic acids is 1. The van der Waals surface area contributed by atoms with Gasteiger partial charge in [-0.2, -0.15) is 0 Å². The summed E-state index contributed by atoms with van der Waals surface area (Å²) in [7, 11) is 1.29. The van der Waals surface area contributed by atoms with Gasteiger partial charge in [0.15, 0.2) is 0 Å². The fourth-order valence-corrected chi connectivity index (χ4v) is 2.05. The molecule has 1 aromatic heterocycles. The van der Waals surface area contributed by atoms with E-state index in [-0.39, 0.29) is 11.3 Å².